The molecule has 2 heterocycles. The Morgan fingerprint density at radius 2 is 2.04 bits per heavy atom. The van der Waals surface area contributed by atoms with Gasteiger partial charge in [0.1, 0.15) is 12.1 Å². The number of hydrogen-bond acceptors (Lipinski definition) is 4. The number of aromatic nitrogens is 3. The van der Waals surface area contributed by atoms with Crippen molar-refractivity contribution < 1.29 is 13.5 Å². The van der Waals surface area contributed by atoms with E-state index in [0.717, 1.165) is 11.1 Å². The van der Waals surface area contributed by atoms with Crippen LogP contribution in [-0.2, 0) is 0 Å². The van der Waals surface area contributed by atoms with Gasteiger partial charge < -0.3 is 10.1 Å². The second-order valence-electron chi connectivity index (χ2n) is 6.39. The van der Waals surface area contributed by atoms with Gasteiger partial charge in [0.05, 0.1) is 12.1 Å². The summed E-state index contributed by atoms with van der Waals surface area (Å²) in [5.74, 6) is 0.643. The lowest BCUT2D eigenvalue weighted by atomic mass is 9.91. The van der Waals surface area contributed by atoms with E-state index in [1.807, 2.05) is 35.9 Å². The average molecular weight is 391 g/mol. The maximum absolute atomic E-state index is 12.9. The van der Waals surface area contributed by atoms with Gasteiger partial charge in [0, 0.05) is 10.6 Å². The Balaban J connectivity index is 1.76. The van der Waals surface area contributed by atoms with Gasteiger partial charge >= 0.3 is 6.61 Å². The normalized spacial score (nSPS) is 18.9. The molecule has 2 atom stereocenters. The fourth-order valence-corrected chi connectivity index (χ4v) is 3.70. The molecule has 0 bridgehead atoms. The summed E-state index contributed by atoms with van der Waals surface area (Å²) in [6.07, 6.45) is 2.08. The van der Waals surface area contributed by atoms with Gasteiger partial charge in [0.15, 0.2) is 0 Å². The number of hydrogen-bond donors (Lipinski definition) is 1. The third kappa shape index (κ3) is 3.47. The van der Waals surface area contributed by atoms with Gasteiger partial charge in [-0.05, 0) is 36.6 Å². The molecule has 0 spiro atoms. The Morgan fingerprint density at radius 3 is 2.81 bits per heavy atom. The van der Waals surface area contributed by atoms with Crippen LogP contribution in [0.15, 0.2) is 48.8 Å². The molecule has 140 valence electrons. The Labute approximate surface area is 159 Å². The van der Waals surface area contributed by atoms with Crippen LogP contribution in [0.3, 0.4) is 0 Å². The number of rotatable bonds is 4. The monoisotopic (exact) mass is 390 g/mol. The molecule has 1 aliphatic heterocycles. The van der Waals surface area contributed by atoms with Crippen LogP contribution < -0.4 is 10.1 Å². The maximum atomic E-state index is 12.9. The van der Waals surface area contributed by atoms with Crippen LogP contribution in [0.4, 0.5) is 14.7 Å². The summed E-state index contributed by atoms with van der Waals surface area (Å²) < 4.78 is 32.3. The van der Waals surface area contributed by atoms with E-state index in [-0.39, 0.29) is 17.8 Å². The summed E-state index contributed by atoms with van der Waals surface area (Å²) in [6.45, 7) is -0.891. The van der Waals surface area contributed by atoms with E-state index in [1.54, 1.807) is 12.1 Å². The van der Waals surface area contributed by atoms with E-state index < -0.39 is 6.61 Å². The lowest BCUT2D eigenvalue weighted by Gasteiger charge is -2.33. The van der Waals surface area contributed by atoms with Gasteiger partial charge in [-0.2, -0.15) is 18.9 Å². The van der Waals surface area contributed by atoms with E-state index >= 15 is 0 Å². The Kier molecular flexibility index (Phi) is 4.70. The number of halogens is 3. The zero-order valence-corrected chi connectivity index (χ0v) is 15.2. The topological polar surface area (TPSA) is 52.0 Å². The van der Waals surface area contributed by atoms with Gasteiger partial charge in [-0.15, -0.1) is 0 Å². The van der Waals surface area contributed by atoms with E-state index in [2.05, 4.69) is 15.4 Å². The molecule has 5 nitrogen and oxygen atoms in total. The van der Waals surface area contributed by atoms with Gasteiger partial charge in [-0.1, -0.05) is 41.9 Å². The van der Waals surface area contributed by atoms with E-state index in [0.29, 0.717) is 23.0 Å². The van der Waals surface area contributed by atoms with Crippen molar-refractivity contribution in [2.45, 2.75) is 32.0 Å². The molecule has 0 fully saturated rings. The van der Waals surface area contributed by atoms with Crippen LogP contribution in [0.2, 0.25) is 5.02 Å². The maximum Gasteiger partial charge on any atom is 0.387 e. The van der Waals surface area contributed by atoms with Crippen molar-refractivity contribution in [3.8, 4) is 5.75 Å². The minimum atomic E-state index is -2.93. The molecule has 27 heavy (non-hydrogen) atoms. The highest BCUT2D eigenvalue weighted by atomic mass is 35.5. The molecular weight excluding hydrogens is 374 g/mol. The summed E-state index contributed by atoms with van der Waals surface area (Å²) in [7, 11) is 0. The van der Waals surface area contributed by atoms with Crippen molar-refractivity contribution in [3.63, 3.8) is 0 Å². The predicted molar refractivity (Wildman–Crippen MR) is 98.4 cm³/mol. The van der Waals surface area contributed by atoms with Gasteiger partial charge in [-0.25, -0.2) is 4.68 Å². The smallest absolute Gasteiger partial charge is 0.387 e. The third-order valence-electron chi connectivity index (χ3n) is 4.75. The summed E-state index contributed by atoms with van der Waals surface area (Å²) in [4.78, 5) is 4.27. The predicted octanol–water partition coefficient (Wildman–Crippen LogP) is 4.99. The fraction of sp³-hybridized carbons (Fsp3) is 0.263. The van der Waals surface area contributed by atoms with Crippen molar-refractivity contribution >= 4 is 17.5 Å². The molecule has 8 heteroatoms. The average Bonchev–Trinajstić information content (AvgIpc) is 3.10. The molecule has 1 N–H and O–H groups in total. The van der Waals surface area contributed by atoms with E-state index in [9.17, 15) is 8.78 Å². The summed E-state index contributed by atoms with van der Waals surface area (Å²) in [6, 6.07) is 12.5. The van der Waals surface area contributed by atoms with Crippen molar-refractivity contribution in [1.29, 1.82) is 0 Å². The standard InChI is InChI=1S/C19H17ClF2N4O/c1-11-4-2-3-5-13(11)16-9-15(25-19-23-10-24-26(16)19)14-7-6-12(20)8-17(14)27-18(21)22/h2-8,10,15-16,18H,9H2,1H3,(H,23,24,25). The molecular formula is C19H17ClF2N4O. The number of nitrogens with zero attached hydrogens (tertiary/aromatic N) is 3. The first-order valence-corrected chi connectivity index (χ1v) is 8.86. The van der Waals surface area contributed by atoms with Crippen molar-refractivity contribution in [3.05, 3.63) is 70.5 Å². The van der Waals surface area contributed by atoms with Gasteiger partial charge in [-0.3, -0.25) is 0 Å². The SMILES string of the molecule is Cc1ccccc1C1CC(c2ccc(Cl)cc2OC(F)F)Nc2ncnn21. The number of ether oxygens (including phenoxy) is 1. The zero-order valence-electron chi connectivity index (χ0n) is 14.4. The van der Waals surface area contributed by atoms with Gasteiger partial charge in [0.2, 0.25) is 5.95 Å². The van der Waals surface area contributed by atoms with Crippen LogP contribution in [0, 0.1) is 6.92 Å². The van der Waals surface area contributed by atoms with Crippen molar-refractivity contribution in [2.75, 3.05) is 5.32 Å². The largest absolute Gasteiger partial charge is 0.434 e. The second kappa shape index (κ2) is 7.15. The molecule has 0 radical (unpaired) electrons. The quantitative estimate of drug-likeness (QED) is 0.682. The first kappa shape index (κ1) is 17.7. The van der Waals surface area contributed by atoms with Crippen LogP contribution >= 0.6 is 11.6 Å². The highest BCUT2D eigenvalue weighted by Gasteiger charge is 2.32. The number of anilines is 1. The van der Waals surface area contributed by atoms with Crippen molar-refractivity contribution in [2.24, 2.45) is 0 Å². The fourth-order valence-electron chi connectivity index (χ4n) is 3.54. The number of nitrogens with one attached hydrogen (secondary N) is 1. The zero-order chi connectivity index (χ0) is 19.0. The van der Waals surface area contributed by atoms with E-state index in [4.69, 9.17) is 16.3 Å². The first-order valence-electron chi connectivity index (χ1n) is 8.48. The summed E-state index contributed by atoms with van der Waals surface area (Å²) >= 11 is 5.98. The van der Waals surface area contributed by atoms with Crippen molar-refractivity contribution in [1.82, 2.24) is 14.8 Å². The molecule has 0 saturated heterocycles. The molecule has 0 saturated carbocycles. The summed E-state index contributed by atoms with van der Waals surface area (Å²) in [5, 5.41) is 7.94. The van der Waals surface area contributed by atoms with Crippen LogP contribution in [-0.4, -0.2) is 21.4 Å². The molecule has 1 aliphatic rings. The highest BCUT2D eigenvalue weighted by molar-refractivity contribution is 6.30. The Hall–Kier alpha value is -2.67. The van der Waals surface area contributed by atoms with Crippen LogP contribution in [0.5, 0.6) is 5.75 Å². The minimum Gasteiger partial charge on any atom is -0.434 e. The Morgan fingerprint density at radius 1 is 1.22 bits per heavy atom. The molecule has 2 unspecified atom stereocenters. The molecule has 1 aromatic heterocycles. The number of fused-ring (bicyclic) bond motifs is 1. The second-order valence-corrected chi connectivity index (χ2v) is 6.83. The number of benzene rings is 2. The van der Waals surface area contributed by atoms with E-state index in [1.165, 1.54) is 12.4 Å². The lowest BCUT2D eigenvalue weighted by molar-refractivity contribution is -0.0506. The van der Waals surface area contributed by atoms with Gasteiger partial charge in [0.25, 0.3) is 0 Å². The minimum absolute atomic E-state index is 0.0616. The molecule has 3 aromatic rings. The molecule has 0 amide bonds. The number of alkyl halides is 2. The molecule has 0 aliphatic carbocycles. The molecule has 2 aromatic carbocycles. The number of aryl methyl sites for hydroxylation is 1. The Bertz CT molecular complexity index is 962. The highest BCUT2D eigenvalue weighted by Crippen LogP contribution is 2.41. The van der Waals surface area contributed by atoms with Crippen LogP contribution in [0.1, 0.15) is 35.2 Å². The third-order valence-corrected chi connectivity index (χ3v) is 4.98. The molecule has 4 rings (SSSR count). The van der Waals surface area contributed by atoms with Crippen LogP contribution in [0.25, 0.3) is 0 Å². The lowest BCUT2D eigenvalue weighted by Crippen LogP contribution is -2.29. The summed E-state index contributed by atoms with van der Waals surface area (Å²) in [5.41, 5.74) is 2.85. The first-order chi connectivity index (χ1) is 13.0.